The van der Waals surface area contributed by atoms with Crippen LogP contribution < -0.4 is 5.32 Å². The van der Waals surface area contributed by atoms with E-state index in [0.717, 1.165) is 19.4 Å². The maximum Gasteiger partial charge on any atom is 0.305 e. The van der Waals surface area contributed by atoms with Crippen molar-refractivity contribution in [3.8, 4) is 0 Å². The van der Waals surface area contributed by atoms with Gasteiger partial charge in [-0.15, -0.1) is 0 Å². The summed E-state index contributed by atoms with van der Waals surface area (Å²) in [5, 5.41) is 3.36. The van der Waals surface area contributed by atoms with Gasteiger partial charge in [-0.3, -0.25) is 4.79 Å². The van der Waals surface area contributed by atoms with Gasteiger partial charge in [0.15, 0.2) is 0 Å². The van der Waals surface area contributed by atoms with E-state index in [1.165, 1.54) is 96.3 Å². The van der Waals surface area contributed by atoms with Gasteiger partial charge in [0, 0.05) is 12.5 Å². The second kappa shape index (κ2) is 17.8. The second-order valence-electron chi connectivity index (χ2n) is 8.18. The minimum Gasteiger partial charge on any atom is -0.464 e. The van der Waals surface area contributed by atoms with Gasteiger partial charge in [-0.05, 0) is 25.8 Å². The Morgan fingerprint density at radius 3 is 1.77 bits per heavy atom. The number of unbranched alkanes of at least 4 members (excludes halogenated alkanes) is 14. The van der Waals surface area contributed by atoms with Crippen LogP contribution in [0.3, 0.4) is 0 Å². The Kier molecular flexibility index (Phi) is 16.1. The number of hydrogen-bond donors (Lipinski definition) is 1. The summed E-state index contributed by atoms with van der Waals surface area (Å²) in [7, 11) is 0. The standard InChI is InChI=1S/C23H45NO2/c1-2-3-4-5-6-7-8-9-10-11-12-13-14-15-16-19-23(25)26-21-22-18-17-20-24-22/h22,24H,2-21H2,1H3. The molecule has 0 aromatic heterocycles. The Morgan fingerprint density at radius 2 is 1.31 bits per heavy atom. The van der Waals surface area contributed by atoms with E-state index in [4.69, 9.17) is 4.74 Å². The predicted octanol–water partition coefficient (Wildman–Crippen LogP) is 6.54. The molecule has 0 spiro atoms. The molecule has 1 aliphatic rings. The molecule has 0 aromatic carbocycles. The largest absolute Gasteiger partial charge is 0.464 e. The highest BCUT2D eigenvalue weighted by atomic mass is 16.5. The van der Waals surface area contributed by atoms with Gasteiger partial charge in [-0.2, -0.15) is 0 Å². The lowest BCUT2D eigenvalue weighted by molar-refractivity contribution is -0.144. The molecule has 1 fully saturated rings. The molecule has 3 heteroatoms. The van der Waals surface area contributed by atoms with Crippen molar-refractivity contribution in [2.24, 2.45) is 0 Å². The Balaban J connectivity index is 1.70. The second-order valence-corrected chi connectivity index (χ2v) is 8.18. The minimum atomic E-state index is -0.00612. The zero-order valence-corrected chi connectivity index (χ0v) is 17.5. The first-order chi connectivity index (χ1) is 12.8. The van der Waals surface area contributed by atoms with E-state index < -0.39 is 0 Å². The Labute approximate surface area is 163 Å². The fraction of sp³-hybridized carbons (Fsp3) is 0.957. The van der Waals surface area contributed by atoms with Crippen molar-refractivity contribution in [2.45, 2.75) is 129 Å². The summed E-state index contributed by atoms with van der Waals surface area (Å²) in [6, 6.07) is 0.403. The molecule has 0 radical (unpaired) electrons. The molecule has 0 aliphatic carbocycles. The van der Waals surface area contributed by atoms with Crippen LogP contribution in [0.2, 0.25) is 0 Å². The summed E-state index contributed by atoms with van der Waals surface area (Å²) in [4.78, 5) is 11.7. The zero-order chi connectivity index (χ0) is 18.7. The van der Waals surface area contributed by atoms with Crippen molar-refractivity contribution >= 4 is 5.97 Å². The monoisotopic (exact) mass is 367 g/mol. The van der Waals surface area contributed by atoms with Crippen molar-refractivity contribution in [3.05, 3.63) is 0 Å². The third kappa shape index (κ3) is 14.6. The fourth-order valence-electron chi connectivity index (χ4n) is 3.81. The molecular formula is C23H45NO2. The summed E-state index contributed by atoms with van der Waals surface area (Å²) in [5.74, 6) is -0.00612. The van der Waals surface area contributed by atoms with Crippen LogP contribution in [-0.4, -0.2) is 25.2 Å². The molecule has 3 nitrogen and oxygen atoms in total. The van der Waals surface area contributed by atoms with Crippen LogP contribution in [-0.2, 0) is 9.53 Å². The Hall–Kier alpha value is -0.570. The lowest BCUT2D eigenvalue weighted by Crippen LogP contribution is -2.28. The van der Waals surface area contributed by atoms with Crippen LogP contribution >= 0.6 is 0 Å². The van der Waals surface area contributed by atoms with Gasteiger partial charge in [0.05, 0.1) is 0 Å². The summed E-state index contributed by atoms with van der Waals surface area (Å²) >= 11 is 0. The molecule has 26 heavy (non-hydrogen) atoms. The smallest absolute Gasteiger partial charge is 0.305 e. The average Bonchev–Trinajstić information content (AvgIpc) is 3.17. The molecule has 0 aromatic rings. The number of carbonyl (C=O) groups excluding carboxylic acids is 1. The van der Waals surface area contributed by atoms with E-state index in [1.807, 2.05) is 0 Å². The van der Waals surface area contributed by atoms with Crippen molar-refractivity contribution in [1.29, 1.82) is 0 Å². The van der Waals surface area contributed by atoms with E-state index in [-0.39, 0.29) is 5.97 Å². The van der Waals surface area contributed by atoms with E-state index in [0.29, 0.717) is 19.1 Å². The van der Waals surface area contributed by atoms with Crippen molar-refractivity contribution in [3.63, 3.8) is 0 Å². The molecule has 0 saturated carbocycles. The van der Waals surface area contributed by atoms with Crippen LogP contribution in [0.1, 0.15) is 122 Å². The summed E-state index contributed by atoms with van der Waals surface area (Å²) in [6.07, 6.45) is 23.3. The van der Waals surface area contributed by atoms with Crippen LogP contribution in [0, 0.1) is 0 Å². The number of ether oxygens (including phenoxy) is 1. The first-order valence-electron chi connectivity index (χ1n) is 11.7. The number of nitrogens with one attached hydrogen (secondary N) is 1. The maximum atomic E-state index is 11.7. The van der Waals surface area contributed by atoms with E-state index in [1.54, 1.807) is 0 Å². The van der Waals surface area contributed by atoms with Crippen LogP contribution in [0.25, 0.3) is 0 Å². The lowest BCUT2D eigenvalue weighted by Gasteiger charge is -2.10. The minimum absolute atomic E-state index is 0.00612. The molecule has 1 aliphatic heterocycles. The average molecular weight is 368 g/mol. The van der Waals surface area contributed by atoms with Crippen LogP contribution in [0.5, 0.6) is 0 Å². The lowest BCUT2D eigenvalue weighted by atomic mass is 10.0. The number of rotatable bonds is 18. The molecule has 1 saturated heterocycles. The van der Waals surface area contributed by atoms with Crippen LogP contribution in [0.4, 0.5) is 0 Å². The first kappa shape index (κ1) is 23.5. The highest BCUT2D eigenvalue weighted by Crippen LogP contribution is 2.14. The van der Waals surface area contributed by atoms with Gasteiger partial charge in [0.2, 0.25) is 0 Å². The van der Waals surface area contributed by atoms with Gasteiger partial charge in [0.1, 0.15) is 6.61 Å². The highest BCUT2D eigenvalue weighted by Gasteiger charge is 2.15. The van der Waals surface area contributed by atoms with Gasteiger partial charge < -0.3 is 10.1 Å². The predicted molar refractivity (Wildman–Crippen MR) is 112 cm³/mol. The number of carbonyl (C=O) groups is 1. The molecule has 1 unspecified atom stereocenters. The third-order valence-corrected chi connectivity index (χ3v) is 5.59. The molecular weight excluding hydrogens is 322 g/mol. The van der Waals surface area contributed by atoms with Gasteiger partial charge in [-0.1, -0.05) is 96.8 Å². The molecule has 1 N–H and O–H groups in total. The highest BCUT2D eigenvalue weighted by molar-refractivity contribution is 5.69. The Bertz CT molecular complexity index is 313. The Morgan fingerprint density at radius 1 is 0.808 bits per heavy atom. The van der Waals surface area contributed by atoms with E-state index >= 15 is 0 Å². The SMILES string of the molecule is CCCCCCCCCCCCCCCCCC(=O)OCC1CCCN1. The quantitative estimate of drug-likeness (QED) is 0.221. The molecule has 1 atom stereocenters. The van der Waals surface area contributed by atoms with Crippen molar-refractivity contribution in [2.75, 3.05) is 13.2 Å². The zero-order valence-electron chi connectivity index (χ0n) is 17.5. The number of hydrogen-bond acceptors (Lipinski definition) is 3. The third-order valence-electron chi connectivity index (χ3n) is 5.59. The topological polar surface area (TPSA) is 38.3 Å². The van der Waals surface area contributed by atoms with Gasteiger partial charge >= 0.3 is 5.97 Å². The van der Waals surface area contributed by atoms with E-state index in [9.17, 15) is 4.79 Å². The fourth-order valence-corrected chi connectivity index (χ4v) is 3.81. The summed E-state index contributed by atoms with van der Waals surface area (Å²) in [6.45, 7) is 3.92. The summed E-state index contributed by atoms with van der Waals surface area (Å²) < 4.78 is 5.34. The van der Waals surface area contributed by atoms with Crippen molar-refractivity contribution < 1.29 is 9.53 Å². The maximum absolute atomic E-state index is 11.7. The van der Waals surface area contributed by atoms with Crippen LogP contribution in [0.15, 0.2) is 0 Å². The molecule has 0 bridgehead atoms. The first-order valence-corrected chi connectivity index (χ1v) is 11.7. The normalized spacial score (nSPS) is 16.9. The molecule has 0 amide bonds. The van der Waals surface area contributed by atoms with Gasteiger partial charge in [-0.25, -0.2) is 0 Å². The molecule has 154 valence electrons. The van der Waals surface area contributed by atoms with Crippen molar-refractivity contribution in [1.82, 2.24) is 5.32 Å². The molecule has 1 rings (SSSR count). The molecule has 1 heterocycles. The van der Waals surface area contributed by atoms with E-state index in [2.05, 4.69) is 12.2 Å². The summed E-state index contributed by atoms with van der Waals surface area (Å²) in [5.41, 5.74) is 0. The number of esters is 1. The van der Waals surface area contributed by atoms with Gasteiger partial charge in [0.25, 0.3) is 0 Å².